The minimum Gasteiger partial charge on any atom is -0.325 e. The molecule has 0 saturated carbocycles. The fourth-order valence-corrected chi connectivity index (χ4v) is 0.842. The highest BCUT2D eigenvalue weighted by Crippen LogP contribution is 2.09. The molecule has 3 heteroatoms. The fourth-order valence-electron chi connectivity index (χ4n) is 0.842. The predicted molar refractivity (Wildman–Crippen MR) is 47.8 cm³/mol. The summed E-state index contributed by atoms with van der Waals surface area (Å²) in [6, 6.07) is 7.29. The van der Waals surface area contributed by atoms with Gasteiger partial charge in [0.1, 0.15) is 5.69 Å². The van der Waals surface area contributed by atoms with Crippen LogP contribution in [0.2, 0.25) is 0 Å². The van der Waals surface area contributed by atoms with Crippen LogP contribution in [0.3, 0.4) is 0 Å². The van der Waals surface area contributed by atoms with Gasteiger partial charge in [0, 0.05) is 11.8 Å². The average molecular weight is 163 g/mol. The second kappa shape index (κ2) is 3.69. The van der Waals surface area contributed by atoms with Crippen LogP contribution in [0.25, 0.3) is 0 Å². The second-order valence-corrected chi connectivity index (χ2v) is 2.39. The first kappa shape index (κ1) is 8.49. The zero-order chi connectivity index (χ0) is 8.97. The molecule has 0 atom stereocenters. The maximum absolute atomic E-state index is 10.8. The lowest BCUT2D eigenvalue weighted by atomic mass is 10.3. The van der Waals surface area contributed by atoms with Crippen LogP contribution >= 0.6 is 0 Å². The number of carbonyl (C=O) groups excluding carboxylic acids is 1. The molecule has 0 fully saturated rings. The van der Waals surface area contributed by atoms with Gasteiger partial charge in [0.15, 0.2) is 0 Å². The van der Waals surface area contributed by atoms with Gasteiger partial charge in [-0.2, -0.15) is 0 Å². The molecule has 1 rings (SSSR count). The molecule has 0 aliphatic carbocycles. The number of benzene rings is 1. The highest BCUT2D eigenvalue weighted by Gasteiger charge is 1.96. The Morgan fingerprint density at radius 3 is 2.92 bits per heavy atom. The summed E-state index contributed by atoms with van der Waals surface area (Å²) in [5.41, 5.74) is 5.35. The Morgan fingerprint density at radius 2 is 2.33 bits per heavy atom. The summed E-state index contributed by atoms with van der Waals surface area (Å²) in [5.74, 6) is -0.208. The summed E-state index contributed by atoms with van der Waals surface area (Å²) in [6.07, 6.45) is 1.23. The number of rotatable bonds is 2. The number of nitrogens with one attached hydrogen (secondary N) is 1. The van der Waals surface area contributed by atoms with Crippen LogP contribution in [0.5, 0.6) is 0 Å². The number of carbonyl (C=O) groups is 1. The molecule has 0 aliphatic heterocycles. The van der Waals surface area contributed by atoms with Crippen LogP contribution in [-0.2, 0) is 4.79 Å². The van der Waals surface area contributed by atoms with Crippen molar-refractivity contribution >= 4 is 17.3 Å². The average Bonchev–Trinajstić information content (AvgIpc) is 2.04. The van der Waals surface area contributed by atoms with Crippen LogP contribution in [0.4, 0.5) is 11.4 Å². The third kappa shape index (κ3) is 2.21. The minimum atomic E-state index is -0.208. The molecule has 0 saturated heterocycles. The van der Waals surface area contributed by atoms with Crippen molar-refractivity contribution in [2.75, 3.05) is 5.32 Å². The SMILES string of the molecule is C=CC(=O)Nc1cccc([NH3+])c1. The van der Waals surface area contributed by atoms with E-state index >= 15 is 0 Å². The number of amides is 1. The molecule has 0 bridgehead atoms. The van der Waals surface area contributed by atoms with Crippen molar-refractivity contribution in [2.24, 2.45) is 0 Å². The molecule has 3 nitrogen and oxygen atoms in total. The molecule has 0 unspecified atom stereocenters. The summed E-state index contributed by atoms with van der Waals surface area (Å²) in [7, 11) is 0. The van der Waals surface area contributed by atoms with Crippen molar-refractivity contribution in [3.05, 3.63) is 36.9 Å². The Balaban J connectivity index is 2.76. The number of anilines is 1. The van der Waals surface area contributed by atoms with Crippen molar-refractivity contribution in [3.8, 4) is 0 Å². The molecule has 0 radical (unpaired) electrons. The molecule has 0 aliphatic rings. The molecular weight excluding hydrogens is 152 g/mol. The van der Waals surface area contributed by atoms with E-state index < -0.39 is 0 Å². The van der Waals surface area contributed by atoms with Crippen LogP contribution in [-0.4, -0.2) is 5.91 Å². The zero-order valence-corrected chi connectivity index (χ0v) is 6.71. The largest absolute Gasteiger partial charge is 0.325 e. The van der Waals surface area contributed by atoms with E-state index in [0.29, 0.717) is 0 Å². The van der Waals surface area contributed by atoms with Crippen molar-refractivity contribution in [1.29, 1.82) is 0 Å². The van der Waals surface area contributed by atoms with Crippen molar-refractivity contribution < 1.29 is 10.5 Å². The zero-order valence-electron chi connectivity index (χ0n) is 6.71. The molecule has 1 aromatic carbocycles. The van der Waals surface area contributed by atoms with Gasteiger partial charge >= 0.3 is 0 Å². The van der Waals surface area contributed by atoms with Crippen LogP contribution < -0.4 is 11.1 Å². The van der Waals surface area contributed by atoms with Gasteiger partial charge in [0.05, 0.1) is 0 Å². The normalized spacial score (nSPS) is 9.08. The summed E-state index contributed by atoms with van der Waals surface area (Å²) < 4.78 is 0. The molecule has 0 spiro atoms. The molecule has 0 heterocycles. The molecule has 0 aromatic heterocycles. The third-order valence-corrected chi connectivity index (χ3v) is 1.38. The Hall–Kier alpha value is -1.61. The first-order chi connectivity index (χ1) is 5.72. The third-order valence-electron chi connectivity index (χ3n) is 1.38. The van der Waals surface area contributed by atoms with Gasteiger partial charge < -0.3 is 11.1 Å². The van der Waals surface area contributed by atoms with Gasteiger partial charge in [-0.15, -0.1) is 0 Å². The molecule has 12 heavy (non-hydrogen) atoms. The Labute approximate surface area is 70.9 Å². The second-order valence-electron chi connectivity index (χ2n) is 2.39. The maximum atomic E-state index is 10.8. The van der Waals surface area contributed by atoms with E-state index in [0.717, 1.165) is 11.4 Å². The minimum absolute atomic E-state index is 0.208. The summed E-state index contributed by atoms with van der Waals surface area (Å²) >= 11 is 0. The topological polar surface area (TPSA) is 56.7 Å². The monoisotopic (exact) mass is 163 g/mol. The van der Waals surface area contributed by atoms with Crippen LogP contribution in [0.1, 0.15) is 0 Å². The first-order valence-electron chi connectivity index (χ1n) is 3.58. The maximum Gasteiger partial charge on any atom is 0.247 e. The van der Waals surface area contributed by atoms with Gasteiger partial charge in [-0.05, 0) is 18.2 Å². The van der Waals surface area contributed by atoms with Gasteiger partial charge in [0.2, 0.25) is 5.91 Å². The van der Waals surface area contributed by atoms with Crippen molar-refractivity contribution in [1.82, 2.24) is 0 Å². The number of hydrogen-bond acceptors (Lipinski definition) is 1. The highest BCUT2D eigenvalue weighted by molar-refractivity contribution is 5.98. The molecular formula is C9H11N2O+. The van der Waals surface area contributed by atoms with Gasteiger partial charge in [-0.3, -0.25) is 4.79 Å². The standard InChI is InChI=1S/C9H10N2O/c1-2-9(12)11-8-5-3-4-7(10)6-8/h2-6H,1,10H2,(H,11,12)/p+1. The lowest BCUT2D eigenvalue weighted by molar-refractivity contribution is -0.254. The first-order valence-corrected chi connectivity index (χ1v) is 3.58. The van der Waals surface area contributed by atoms with E-state index in [-0.39, 0.29) is 5.91 Å². The quantitative estimate of drug-likeness (QED) is 0.619. The van der Waals surface area contributed by atoms with E-state index in [2.05, 4.69) is 17.6 Å². The molecule has 1 aromatic rings. The summed E-state index contributed by atoms with van der Waals surface area (Å²) in [4.78, 5) is 10.8. The summed E-state index contributed by atoms with van der Waals surface area (Å²) in [6.45, 7) is 3.35. The molecule has 4 N–H and O–H groups in total. The lowest BCUT2D eigenvalue weighted by Gasteiger charge is -2.00. The van der Waals surface area contributed by atoms with Gasteiger partial charge in [-0.25, -0.2) is 0 Å². The van der Waals surface area contributed by atoms with Gasteiger partial charge in [0.25, 0.3) is 0 Å². The smallest absolute Gasteiger partial charge is 0.247 e. The van der Waals surface area contributed by atoms with Crippen molar-refractivity contribution in [3.63, 3.8) is 0 Å². The number of quaternary nitrogens is 1. The van der Waals surface area contributed by atoms with E-state index in [9.17, 15) is 4.79 Å². The van der Waals surface area contributed by atoms with E-state index in [1.54, 1.807) is 12.1 Å². The van der Waals surface area contributed by atoms with E-state index in [1.807, 2.05) is 12.1 Å². The van der Waals surface area contributed by atoms with E-state index in [4.69, 9.17) is 0 Å². The lowest BCUT2D eigenvalue weighted by Crippen LogP contribution is -2.40. The van der Waals surface area contributed by atoms with Crippen molar-refractivity contribution in [2.45, 2.75) is 0 Å². The van der Waals surface area contributed by atoms with Crippen LogP contribution in [0, 0.1) is 0 Å². The van der Waals surface area contributed by atoms with E-state index in [1.165, 1.54) is 6.08 Å². The molecule has 62 valence electrons. The highest BCUT2D eigenvalue weighted by atomic mass is 16.1. The Bertz CT molecular complexity index is 307. The van der Waals surface area contributed by atoms with Gasteiger partial charge in [-0.1, -0.05) is 12.6 Å². The van der Waals surface area contributed by atoms with Crippen LogP contribution in [0.15, 0.2) is 36.9 Å². The Kier molecular flexibility index (Phi) is 2.61. The Morgan fingerprint density at radius 1 is 1.58 bits per heavy atom. The fraction of sp³-hybridized carbons (Fsp3) is 0. The number of hydrogen-bond donors (Lipinski definition) is 2. The predicted octanol–water partition coefficient (Wildman–Crippen LogP) is 0.684. The molecule has 1 amide bonds. The summed E-state index contributed by atoms with van der Waals surface area (Å²) in [5, 5.41) is 2.64.